The molecule has 0 amide bonds. The second kappa shape index (κ2) is 5.31. The topological polar surface area (TPSA) is 69.0 Å². The molecule has 0 spiro atoms. The summed E-state index contributed by atoms with van der Waals surface area (Å²) in [4.78, 5) is 15.9. The zero-order valence-electron chi connectivity index (χ0n) is 10.3. The summed E-state index contributed by atoms with van der Waals surface area (Å²) in [7, 11) is 1.82. The summed E-state index contributed by atoms with van der Waals surface area (Å²) in [6.07, 6.45) is 3.41. The number of esters is 1. The number of hydrogen-bond acceptors (Lipinski definition) is 5. The van der Waals surface area contributed by atoms with Gasteiger partial charge in [0.2, 0.25) is 0 Å². The molecule has 0 aromatic carbocycles. The normalized spacial score (nSPS) is 10.1. The highest BCUT2D eigenvalue weighted by atomic mass is 16.5. The lowest BCUT2D eigenvalue weighted by molar-refractivity contribution is 0.0527. The highest BCUT2D eigenvalue weighted by Crippen LogP contribution is 2.17. The molecule has 2 aromatic rings. The zero-order valence-corrected chi connectivity index (χ0v) is 10.3. The Morgan fingerprint density at radius 1 is 1.50 bits per heavy atom. The van der Waals surface area contributed by atoms with Crippen LogP contribution in [0.3, 0.4) is 0 Å². The zero-order chi connectivity index (χ0) is 13.0. The van der Waals surface area contributed by atoms with Gasteiger partial charge in [0.15, 0.2) is 5.82 Å². The molecule has 2 rings (SSSR count). The molecule has 2 aromatic heterocycles. The van der Waals surface area contributed by atoms with Crippen LogP contribution in [-0.4, -0.2) is 27.3 Å². The second-order valence-electron chi connectivity index (χ2n) is 3.62. The number of aromatic nitrogens is 3. The van der Waals surface area contributed by atoms with Crippen molar-refractivity contribution in [3.63, 3.8) is 0 Å². The molecule has 0 aliphatic heterocycles. The third-order valence-corrected chi connectivity index (χ3v) is 2.26. The van der Waals surface area contributed by atoms with Crippen LogP contribution >= 0.6 is 0 Å². The number of nitrogens with one attached hydrogen (secondary N) is 1. The minimum Gasteiger partial charge on any atom is -0.462 e. The molecule has 0 aliphatic rings. The minimum absolute atomic E-state index is 0.330. The van der Waals surface area contributed by atoms with E-state index in [1.54, 1.807) is 42.2 Å². The van der Waals surface area contributed by atoms with Gasteiger partial charge >= 0.3 is 5.97 Å². The monoisotopic (exact) mass is 246 g/mol. The smallest absolute Gasteiger partial charge is 0.341 e. The van der Waals surface area contributed by atoms with Gasteiger partial charge in [0.1, 0.15) is 11.4 Å². The van der Waals surface area contributed by atoms with Gasteiger partial charge in [0.25, 0.3) is 0 Å². The number of hydrogen-bond donors (Lipinski definition) is 1. The number of anilines is 2. The first-order chi connectivity index (χ1) is 8.70. The van der Waals surface area contributed by atoms with Crippen molar-refractivity contribution in [1.29, 1.82) is 0 Å². The maximum Gasteiger partial charge on any atom is 0.341 e. The molecule has 2 heterocycles. The molecule has 6 heteroatoms. The fraction of sp³-hybridized carbons (Fsp3) is 0.250. The van der Waals surface area contributed by atoms with Crippen molar-refractivity contribution in [2.24, 2.45) is 7.05 Å². The Morgan fingerprint density at radius 3 is 3.00 bits per heavy atom. The molecule has 0 bridgehead atoms. The number of ether oxygens (including phenoxy) is 1. The molecular formula is C12H14N4O2. The number of pyridine rings is 1. The highest BCUT2D eigenvalue weighted by molar-refractivity contribution is 5.95. The van der Waals surface area contributed by atoms with Gasteiger partial charge in [-0.15, -0.1) is 0 Å². The van der Waals surface area contributed by atoms with Gasteiger partial charge in [-0.25, -0.2) is 9.78 Å². The standard InChI is InChI=1S/C12H14N4O2/c1-3-18-12(17)9-5-4-7-13-11(9)14-10-6-8-16(2)15-10/h4-8H,3H2,1-2H3,(H,13,14,15). The number of carbonyl (C=O) groups excluding carboxylic acids is 1. The summed E-state index contributed by atoms with van der Waals surface area (Å²) < 4.78 is 6.63. The first-order valence-corrected chi connectivity index (χ1v) is 5.59. The average Bonchev–Trinajstić information content (AvgIpc) is 2.76. The highest BCUT2D eigenvalue weighted by Gasteiger charge is 2.13. The Kier molecular flexibility index (Phi) is 3.57. The molecule has 0 aliphatic carbocycles. The SMILES string of the molecule is CCOC(=O)c1cccnc1Nc1ccn(C)n1. The quantitative estimate of drug-likeness (QED) is 0.832. The molecular weight excluding hydrogens is 232 g/mol. The van der Waals surface area contributed by atoms with Crippen LogP contribution in [0.2, 0.25) is 0 Å². The molecule has 0 saturated carbocycles. The summed E-state index contributed by atoms with van der Waals surface area (Å²) >= 11 is 0. The van der Waals surface area contributed by atoms with Crippen LogP contribution < -0.4 is 5.32 Å². The van der Waals surface area contributed by atoms with E-state index in [-0.39, 0.29) is 0 Å². The molecule has 0 radical (unpaired) electrons. The van der Waals surface area contributed by atoms with Crippen molar-refractivity contribution in [2.75, 3.05) is 11.9 Å². The van der Waals surface area contributed by atoms with Crippen molar-refractivity contribution in [3.05, 3.63) is 36.2 Å². The van der Waals surface area contributed by atoms with E-state index in [2.05, 4.69) is 15.4 Å². The molecule has 0 saturated heterocycles. The molecule has 0 fully saturated rings. The van der Waals surface area contributed by atoms with Gasteiger partial charge in [0.05, 0.1) is 6.61 Å². The Morgan fingerprint density at radius 2 is 2.33 bits per heavy atom. The van der Waals surface area contributed by atoms with E-state index in [1.807, 2.05) is 7.05 Å². The van der Waals surface area contributed by atoms with E-state index in [4.69, 9.17) is 4.74 Å². The summed E-state index contributed by atoms with van der Waals surface area (Å²) in [6.45, 7) is 2.09. The van der Waals surface area contributed by atoms with E-state index in [0.29, 0.717) is 23.8 Å². The minimum atomic E-state index is -0.399. The van der Waals surface area contributed by atoms with Crippen molar-refractivity contribution in [2.45, 2.75) is 6.92 Å². The predicted octanol–water partition coefficient (Wildman–Crippen LogP) is 1.74. The van der Waals surface area contributed by atoms with E-state index < -0.39 is 5.97 Å². The first kappa shape index (κ1) is 12.1. The van der Waals surface area contributed by atoms with Gasteiger partial charge in [-0.2, -0.15) is 5.10 Å². The van der Waals surface area contributed by atoms with Crippen molar-refractivity contribution < 1.29 is 9.53 Å². The third-order valence-electron chi connectivity index (χ3n) is 2.26. The number of rotatable bonds is 4. The summed E-state index contributed by atoms with van der Waals surface area (Å²) in [6, 6.07) is 5.15. The van der Waals surface area contributed by atoms with Gasteiger partial charge in [-0.05, 0) is 19.1 Å². The summed E-state index contributed by atoms with van der Waals surface area (Å²) in [5, 5.41) is 7.15. The van der Waals surface area contributed by atoms with Crippen LogP contribution in [-0.2, 0) is 11.8 Å². The lowest BCUT2D eigenvalue weighted by Gasteiger charge is -2.07. The fourth-order valence-electron chi connectivity index (χ4n) is 1.48. The van der Waals surface area contributed by atoms with Gasteiger partial charge in [-0.3, -0.25) is 4.68 Å². The van der Waals surface area contributed by atoms with E-state index >= 15 is 0 Å². The predicted molar refractivity (Wildman–Crippen MR) is 66.7 cm³/mol. The Bertz CT molecular complexity index is 551. The lowest BCUT2D eigenvalue weighted by atomic mass is 10.2. The fourth-order valence-corrected chi connectivity index (χ4v) is 1.48. The lowest BCUT2D eigenvalue weighted by Crippen LogP contribution is -2.09. The molecule has 18 heavy (non-hydrogen) atoms. The van der Waals surface area contributed by atoms with Crippen LogP contribution in [0, 0.1) is 0 Å². The largest absolute Gasteiger partial charge is 0.462 e. The van der Waals surface area contributed by atoms with E-state index in [0.717, 1.165) is 0 Å². The first-order valence-electron chi connectivity index (χ1n) is 5.59. The maximum absolute atomic E-state index is 11.7. The van der Waals surface area contributed by atoms with E-state index in [9.17, 15) is 4.79 Å². The average molecular weight is 246 g/mol. The van der Waals surface area contributed by atoms with Gasteiger partial charge in [-0.1, -0.05) is 0 Å². The number of aryl methyl sites for hydroxylation is 1. The molecule has 6 nitrogen and oxygen atoms in total. The summed E-state index contributed by atoms with van der Waals surface area (Å²) in [5.41, 5.74) is 0.394. The Balaban J connectivity index is 2.24. The number of carbonyl (C=O) groups is 1. The van der Waals surface area contributed by atoms with Crippen molar-refractivity contribution >= 4 is 17.6 Å². The van der Waals surface area contributed by atoms with Crippen LogP contribution in [0.4, 0.5) is 11.6 Å². The van der Waals surface area contributed by atoms with Crippen LogP contribution in [0.25, 0.3) is 0 Å². The molecule has 0 atom stereocenters. The Labute approximate surface area is 105 Å². The van der Waals surface area contributed by atoms with Crippen molar-refractivity contribution in [3.8, 4) is 0 Å². The Hall–Kier alpha value is -2.37. The molecule has 0 unspecified atom stereocenters. The van der Waals surface area contributed by atoms with Gasteiger partial charge in [0, 0.05) is 25.5 Å². The summed E-state index contributed by atoms with van der Waals surface area (Å²) in [5.74, 6) is 0.667. The number of nitrogens with zero attached hydrogens (tertiary/aromatic N) is 3. The third kappa shape index (κ3) is 2.65. The maximum atomic E-state index is 11.7. The van der Waals surface area contributed by atoms with Crippen LogP contribution in [0.1, 0.15) is 17.3 Å². The van der Waals surface area contributed by atoms with E-state index in [1.165, 1.54) is 0 Å². The van der Waals surface area contributed by atoms with Crippen LogP contribution in [0.5, 0.6) is 0 Å². The van der Waals surface area contributed by atoms with Crippen LogP contribution in [0.15, 0.2) is 30.6 Å². The molecule has 94 valence electrons. The molecule has 1 N–H and O–H groups in total. The van der Waals surface area contributed by atoms with Crippen molar-refractivity contribution in [1.82, 2.24) is 14.8 Å². The van der Waals surface area contributed by atoms with Gasteiger partial charge < -0.3 is 10.1 Å². The second-order valence-corrected chi connectivity index (χ2v) is 3.62.